The van der Waals surface area contributed by atoms with Gasteiger partial charge in [-0.05, 0) is 35.4 Å². The number of cyclic esters (lactones) is 1. The number of carbonyl (C=O) groups excluding carboxylic acids is 2. The van der Waals surface area contributed by atoms with Gasteiger partial charge in [0.25, 0.3) is 0 Å². The molecule has 8 nitrogen and oxygen atoms in total. The van der Waals surface area contributed by atoms with E-state index < -0.39 is 6.09 Å². The fraction of sp³-hybridized carbons (Fsp3) is 0.250. The van der Waals surface area contributed by atoms with Gasteiger partial charge in [0, 0.05) is 38.0 Å². The first-order valence-electron chi connectivity index (χ1n) is 10.5. The zero-order chi connectivity index (χ0) is 22.3. The fourth-order valence-electron chi connectivity index (χ4n) is 3.46. The third-order valence-corrected chi connectivity index (χ3v) is 5.17. The monoisotopic (exact) mass is 431 g/mol. The van der Waals surface area contributed by atoms with Crippen molar-refractivity contribution in [2.75, 3.05) is 18.0 Å². The maximum Gasteiger partial charge on any atom is 0.414 e. The maximum atomic E-state index is 12.2. The van der Waals surface area contributed by atoms with Crippen LogP contribution < -0.4 is 15.5 Å². The SMILES string of the molecule is CC(=O)NC[C@H]1CN(c2ccc(-c3ccc(CNCc4ccncc4)cc3)nc2)C(=O)O1. The number of hydrogen-bond acceptors (Lipinski definition) is 6. The van der Waals surface area contributed by atoms with Crippen LogP contribution >= 0.6 is 0 Å². The van der Waals surface area contributed by atoms with Crippen molar-refractivity contribution in [2.24, 2.45) is 0 Å². The molecule has 0 radical (unpaired) electrons. The predicted octanol–water partition coefficient (Wildman–Crippen LogP) is 2.89. The largest absolute Gasteiger partial charge is 0.442 e. The topological polar surface area (TPSA) is 96.5 Å². The first kappa shape index (κ1) is 21.5. The summed E-state index contributed by atoms with van der Waals surface area (Å²) in [6.07, 6.45) is 4.45. The minimum absolute atomic E-state index is 0.152. The molecule has 1 fully saturated rings. The fourth-order valence-corrected chi connectivity index (χ4v) is 3.46. The van der Waals surface area contributed by atoms with Gasteiger partial charge in [-0.3, -0.25) is 19.7 Å². The van der Waals surface area contributed by atoms with Crippen LogP contribution in [0.2, 0.25) is 0 Å². The molecule has 4 rings (SSSR count). The van der Waals surface area contributed by atoms with Gasteiger partial charge in [0.05, 0.1) is 30.7 Å². The Balaban J connectivity index is 1.32. The molecule has 2 aromatic heterocycles. The van der Waals surface area contributed by atoms with Crippen LogP contribution in [0.25, 0.3) is 11.3 Å². The van der Waals surface area contributed by atoms with Crippen LogP contribution in [0.15, 0.2) is 67.1 Å². The van der Waals surface area contributed by atoms with Gasteiger partial charge in [-0.2, -0.15) is 0 Å². The van der Waals surface area contributed by atoms with E-state index in [0.29, 0.717) is 18.8 Å². The van der Waals surface area contributed by atoms with Crippen molar-refractivity contribution in [2.45, 2.75) is 26.1 Å². The van der Waals surface area contributed by atoms with E-state index in [4.69, 9.17) is 4.74 Å². The average Bonchev–Trinajstić information content (AvgIpc) is 3.19. The van der Waals surface area contributed by atoms with Crippen LogP contribution in [-0.4, -0.2) is 41.2 Å². The molecule has 1 atom stereocenters. The van der Waals surface area contributed by atoms with Gasteiger partial charge in [-0.1, -0.05) is 24.3 Å². The molecule has 0 bridgehead atoms. The summed E-state index contributed by atoms with van der Waals surface area (Å²) in [5, 5.41) is 6.09. The van der Waals surface area contributed by atoms with Gasteiger partial charge >= 0.3 is 6.09 Å². The third kappa shape index (κ3) is 5.47. The molecule has 2 N–H and O–H groups in total. The number of hydrogen-bond donors (Lipinski definition) is 2. The zero-order valence-corrected chi connectivity index (χ0v) is 17.8. The van der Waals surface area contributed by atoms with Gasteiger partial charge in [0.15, 0.2) is 0 Å². The smallest absolute Gasteiger partial charge is 0.414 e. The van der Waals surface area contributed by atoms with Crippen molar-refractivity contribution in [3.63, 3.8) is 0 Å². The lowest BCUT2D eigenvalue weighted by Crippen LogP contribution is -2.33. The Morgan fingerprint density at radius 1 is 1.06 bits per heavy atom. The van der Waals surface area contributed by atoms with E-state index in [1.54, 1.807) is 18.6 Å². The minimum Gasteiger partial charge on any atom is -0.442 e. The summed E-state index contributed by atoms with van der Waals surface area (Å²) >= 11 is 0. The molecule has 2 amide bonds. The van der Waals surface area contributed by atoms with E-state index in [1.807, 2.05) is 36.4 Å². The molecule has 0 aliphatic carbocycles. The molecule has 0 unspecified atom stereocenters. The number of aromatic nitrogens is 2. The van der Waals surface area contributed by atoms with Gasteiger partial charge in [-0.15, -0.1) is 0 Å². The Labute approximate surface area is 186 Å². The first-order valence-corrected chi connectivity index (χ1v) is 10.5. The van der Waals surface area contributed by atoms with E-state index in [2.05, 4.69) is 32.7 Å². The molecule has 0 saturated carbocycles. The van der Waals surface area contributed by atoms with Crippen LogP contribution in [0.1, 0.15) is 18.1 Å². The molecule has 8 heteroatoms. The van der Waals surface area contributed by atoms with Gasteiger partial charge in [-0.25, -0.2) is 4.79 Å². The Morgan fingerprint density at radius 3 is 2.44 bits per heavy atom. The lowest BCUT2D eigenvalue weighted by Gasteiger charge is -2.13. The van der Waals surface area contributed by atoms with E-state index in [1.165, 1.54) is 23.0 Å². The molecular formula is C24H25N5O3. The van der Waals surface area contributed by atoms with Crippen molar-refractivity contribution < 1.29 is 14.3 Å². The lowest BCUT2D eigenvalue weighted by atomic mass is 10.1. The zero-order valence-electron chi connectivity index (χ0n) is 17.8. The second-order valence-corrected chi connectivity index (χ2v) is 7.61. The quantitative estimate of drug-likeness (QED) is 0.569. The number of carbonyl (C=O) groups is 2. The summed E-state index contributed by atoms with van der Waals surface area (Å²) in [5.41, 5.74) is 4.88. The second-order valence-electron chi connectivity index (χ2n) is 7.61. The normalized spacial score (nSPS) is 15.5. The number of pyridine rings is 2. The first-order chi connectivity index (χ1) is 15.6. The number of ether oxygens (including phenoxy) is 1. The van der Waals surface area contributed by atoms with Crippen molar-refractivity contribution >= 4 is 17.7 Å². The third-order valence-electron chi connectivity index (χ3n) is 5.17. The molecule has 1 aliphatic heterocycles. The van der Waals surface area contributed by atoms with Crippen LogP contribution in [0.4, 0.5) is 10.5 Å². The molecule has 1 saturated heterocycles. The van der Waals surface area contributed by atoms with Gasteiger partial charge in [0.2, 0.25) is 5.91 Å². The minimum atomic E-state index is -0.432. The highest BCUT2D eigenvalue weighted by atomic mass is 16.6. The standard InChI is InChI=1S/C24H25N5O3/c1-17(30)27-15-22-16-29(24(31)32-22)21-6-7-23(28-14-21)20-4-2-18(3-5-20)12-26-13-19-8-10-25-11-9-19/h2-11,14,22,26H,12-13,15-16H2,1H3,(H,27,30)/t22-/m0/s1. The van der Waals surface area contributed by atoms with E-state index in [0.717, 1.165) is 24.3 Å². The van der Waals surface area contributed by atoms with Crippen LogP contribution in [-0.2, 0) is 22.6 Å². The van der Waals surface area contributed by atoms with Crippen molar-refractivity contribution in [1.29, 1.82) is 0 Å². The second kappa shape index (κ2) is 10.0. The summed E-state index contributed by atoms with van der Waals surface area (Å²) in [7, 11) is 0. The highest BCUT2D eigenvalue weighted by Gasteiger charge is 2.32. The van der Waals surface area contributed by atoms with E-state index in [-0.39, 0.29) is 12.0 Å². The molecule has 1 aromatic carbocycles. The van der Waals surface area contributed by atoms with Crippen LogP contribution in [0, 0.1) is 0 Å². The molecule has 0 spiro atoms. The number of nitrogens with zero attached hydrogens (tertiary/aromatic N) is 3. The number of rotatable bonds is 8. The van der Waals surface area contributed by atoms with Gasteiger partial charge < -0.3 is 15.4 Å². The van der Waals surface area contributed by atoms with Crippen LogP contribution in [0.5, 0.6) is 0 Å². The summed E-state index contributed by atoms with van der Waals surface area (Å²) in [5.74, 6) is -0.152. The summed E-state index contributed by atoms with van der Waals surface area (Å²) in [6, 6.07) is 16.0. The summed E-state index contributed by atoms with van der Waals surface area (Å²) in [4.78, 5) is 33.3. The highest BCUT2D eigenvalue weighted by molar-refractivity contribution is 5.89. The Morgan fingerprint density at radius 2 is 1.78 bits per heavy atom. The lowest BCUT2D eigenvalue weighted by molar-refractivity contribution is -0.119. The molecule has 164 valence electrons. The number of nitrogens with one attached hydrogen (secondary N) is 2. The molecule has 3 heterocycles. The van der Waals surface area contributed by atoms with Crippen molar-refractivity contribution in [1.82, 2.24) is 20.6 Å². The number of anilines is 1. The Hall–Kier alpha value is -3.78. The highest BCUT2D eigenvalue weighted by Crippen LogP contribution is 2.24. The molecule has 3 aromatic rings. The van der Waals surface area contributed by atoms with Crippen molar-refractivity contribution in [3.05, 3.63) is 78.2 Å². The summed E-state index contributed by atoms with van der Waals surface area (Å²) < 4.78 is 5.30. The predicted molar refractivity (Wildman–Crippen MR) is 121 cm³/mol. The van der Waals surface area contributed by atoms with Crippen molar-refractivity contribution in [3.8, 4) is 11.3 Å². The summed E-state index contributed by atoms with van der Waals surface area (Å²) in [6.45, 7) is 3.67. The number of benzene rings is 1. The Kier molecular flexibility index (Phi) is 6.72. The molecular weight excluding hydrogens is 406 g/mol. The number of amides is 2. The maximum absolute atomic E-state index is 12.2. The van der Waals surface area contributed by atoms with Crippen LogP contribution in [0.3, 0.4) is 0 Å². The molecule has 32 heavy (non-hydrogen) atoms. The Bertz CT molecular complexity index is 1060. The average molecular weight is 431 g/mol. The molecule has 1 aliphatic rings. The van der Waals surface area contributed by atoms with Gasteiger partial charge in [0.1, 0.15) is 6.10 Å². The van der Waals surface area contributed by atoms with E-state index >= 15 is 0 Å². The van der Waals surface area contributed by atoms with E-state index in [9.17, 15) is 9.59 Å².